The first-order chi connectivity index (χ1) is 14.8. The van der Waals surface area contributed by atoms with E-state index >= 15 is 0 Å². The van der Waals surface area contributed by atoms with Crippen LogP contribution < -0.4 is 0 Å². The van der Waals surface area contributed by atoms with Crippen molar-refractivity contribution in [3.63, 3.8) is 0 Å². The van der Waals surface area contributed by atoms with Crippen LogP contribution >= 0.6 is 11.8 Å². The number of carbonyl (C=O) groups is 1. The molecule has 1 aliphatic heterocycles. The average molecular weight is 460 g/mol. The lowest BCUT2D eigenvalue weighted by Crippen LogP contribution is -2.41. The normalized spacial score (nSPS) is 21.4. The lowest BCUT2D eigenvalue weighted by Gasteiger charge is -2.26. The van der Waals surface area contributed by atoms with Crippen molar-refractivity contribution in [3.8, 4) is 11.4 Å². The molecule has 1 aliphatic carbocycles. The summed E-state index contributed by atoms with van der Waals surface area (Å²) >= 11 is 1.40. The van der Waals surface area contributed by atoms with E-state index in [0.29, 0.717) is 12.5 Å². The zero-order chi connectivity index (χ0) is 21.8. The minimum absolute atomic E-state index is 0.0512. The molecular weight excluding hydrogens is 434 g/mol. The molecule has 10 heteroatoms. The van der Waals surface area contributed by atoms with Gasteiger partial charge in [0.05, 0.1) is 16.8 Å². The third kappa shape index (κ3) is 3.87. The highest BCUT2D eigenvalue weighted by atomic mass is 32.2. The second-order valence-electron chi connectivity index (χ2n) is 8.42. The van der Waals surface area contributed by atoms with E-state index in [0.717, 1.165) is 40.3 Å². The summed E-state index contributed by atoms with van der Waals surface area (Å²) in [6.07, 6.45) is 4.61. The third-order valence-corrected chi connectivity index (χ3v) is 8.94. The van der Waals surface area contributed by atoms with Crippen molar-refractivity contribution in [2.75, 3.05) is 18.6 Å². The summed E-state index contributed by atoms with van der Waals surface area (Å²) in [6.45, 7) is 1.85. The van der Waals surface area contributed by atoms with Crippen LogP contribution in [0.2, 0.25) is 0 Å². The number of sulfone groups is 1. The van der Waals surface area contributed by atoms with E-state index in [2.05, 4.69) is 25.8 Å². The van der Waals surface area contributed by atoms with Gasteiger partial charge in [0, 0.05) is 41.8 Å². The molecule has 8 nitrogen and oxygen atoms in total. The van der Waals surface area contributed by atoms with Gasteiger partial charge in [-0.25, -0.2) is 8.42 Å². The zero-order valence-electron chi connectivity index (χ0n) is 17.5. The predicted molar refractivity (Wildman–Crippen MR) is 121 cm³/mol. The first kappa shape index (κ1) is 20.6. The second-order valence-corrected chi connectivity index (χ2v) is 12.0. The number of nitrogens with zero attached hydrogens (tertiary/aromatic N) is 4. The van der Waals surface area contributed by atoms with Crippen molar-refractivity contribution in [2.45, 2.75) is 48.7 Å². The van der Waals surface area contributed by atoms with Crippen LogP contribution in [0.3, 0.4) is 0 Å². The lowest BCUT2D eigenvalue weighted by atomic mass is 10.1. The van der Waals surface area contributed by atoms with Crippen LogP contribution in [0, 0.1) is 0 Å². The molecule has 31 heavy (non-hydrogen) atoms. The van der Waals surface area contributed by atoms with Gasteiger partial charge in [0.25, 0.3) is 0 Å². The van der Waals surface area contributed by atoms with Crippen LogP contribution in [0.1, 0.15) is 32.2 Å². The van der Waals surface area contributed by atoms with Gasteiger partial charge < -0.3 is 9.88 Å². The maximum absolute atomic E-state index is 13.0. The van der Waals surface area contributed by atoms with Crippen LogP contribution in [-0.2, 0) is 14.6 Å². The SMILES string of the molecule is C[C@H](Sc1nnc(-c2c[nH]c3ccccc23)n1C1CC1)C(=O)N(C)[C@@H]1CCS(=O)(=O)C1. The molecule has 0 unspecified atom stereocenters. The van der Waals surface area contributed by atoms with Crippen molar-refractivity contribution >= 4 is 38.4 Å². The van der Waals surface area contributed by atoms with Crippen LogP contribution in [0.4, 0.5) is 0 Å². The Balaban J connectivity index is 1.39. The van der Waals surface area contributed by atoms with Crippen molar-refractivity contribution in [1.82, 2.24) is 24.6 Å². The Bertz CT molecular complexity index is 1240. The van der Waals surface area contributed by atoms with Crippen molar-refractivity contribution in [3.05, 3.63) is 30.5 Å². The number of rotatable bonds is 6. The molecule has 3 aromatic rings. The highest BCUT2D eigenvalue weighted by Gasteiger charge is 2.36. The minimum Gasteiger partial charge on any atom is -0.360 e. The fourth-order valence-corrected chi connectivity index (χ4v) is 7.01. The molecule has 2 aliphatic rings. The van der Waals surface area contributed by atoms with Crippen molar-refractivity contribution in [2.24, 2.45) is 0 Å². The molecule has 1 amide bonds. The number of aromatic amines is 1. The molecule has 2 fully saturated rings. The third-order valence-electron chi connectivity index (χ3n) is 6.14. The Labute approximate surface area is 185 Å². The summed E-state index contributed by atoms with van der Waals surface area (Å²) in [5.74, 6) is 0.944. The summed E-state index contributed by atoms with van der Waals surface area (Å²) in [5.41, 5.74) is 2.06. The maximum Gasteiger partial charge on any atom is 0.235 e. The monoisotopic (exact) mass is 459 g/mol. The number of thioether (sulfide) groups is 1. The van der Waals surface area contributed by atoms with Gasteiger partial charge in [0.1, 0.15) is 0 Å². The van der Waals surface area contributed by atoms with Crippen LogP contribution in [0.25, 0.3) is 22.3 Å². The van der Waals surface area contributed by atoms with Gasteiger partial charge in [0.2, 0.25) is 5.91 Å². The van der Waals surface area contributed by atoms with E-state index in [1.807, 2.05) is 31.3 Å². The number of benzene rings is 1. The Morgan fingerprint density at radius 2 is 2.03 bits per heavy atom. The largest absolute Gasteiger partial charge is 0.360 e. The standard InChI is InChI=1S/C21H25N5O3S2/c1-13(20(27)25(2)15-9-10-31(28,29)12-15)30-21-24-23-19(26(21)14-7-8-14)17-11-22-18-6-4-3-5-16(17)18/h3-6,11,13-15,22H,7-10,12H2,1-2H3/t13-,15+/m0/s1. The van der Waals surface area contributed by atoms with Gasteiger partial charge in [-0.1, -0.05) is 30.0 Å². The van der Waals surface area contributed by atoms with Crippen LogP contribution in [0.15, 0.2) is 35.6 Å². The molecule has 0 radical (unpaired) electrons. The number of carbonyl (C=O) groups excluding carboxylic acids is 1. The average Bonchev–Trinajstić information content (AvgIpc) is 3.19. The fraction of sp³-hybridized carbons (Fsp3) is 0.476. The first-order valence-corrected chi connectivity index (χ1v) is 13.2. The number of hydrogen-bond acceptors (Lipinski definition) is 6. The molecule has 5 rings (SSSR count). The molecule has 3 heterocycles. The zero-order valence-corrected chi connectivity index (χ0v) is 19.1. The quantitative estimate of drug-likeness (QED) is 0.569. The van der Waals surface area contributed by atoms with Gasteiger partial charge >= 0.3 is 0 Å². The van der Waals surface area contributed by atoms with E-state index in [1.165, 1.54) is 11.8 Å². The van der Waals surface area contributed by atoms with Gasteiger partial charge in [-0.05, 0) is 32.3 Å². The number of H-pyrrole nitrogens is 1. The Morgan fingerprint density at radius 1 is 1.26 bits per heavy atom. The van der Waals surface area contributed by atoms with Gasteiger partial charge in [-0.3, -0.25) is 9.36 Å². The van der Waals surface area contributed by atoms with Gasteiger partial charge in [-0.2, -0.15) is 0 Å². The molecule has 2 atom stereocenters. The van der Waals surface area contributed by atoms with Gasteiger partial charge in [0.15, 0.2) is 20.8 Å². The molecule has 2 aromatic heterocycles. The summed E-state index contributed by atoms with van der Waals surface area (Å²) in [4.78, 5) is 17.9. The molecule has 0 bridgehead atoms. The van der Waals surface area contributed by atoms with Crippen LogP contribution in [-0.4, -0.2) is 68.8 Å². The molecule has 1 saturated carbocycles. The summed E-state index contributed by atoms with van der Waals surface area (Å²) in [5, 5.41) is 10.4. The van der Waals surface area contributed by atoms with E-state index < -0.39 is 9.84 Å². The predicted octanol–water partition coefficient (Wildman–Crippen LogP) is 2.89. The molecular formula is C21H25N5O3S2. The van der Waals surface area contributed by atoms with E-state index in [9.17, 15) is 13.2 Å². The van der Waals surface area contributed by atoms with E-state index in [1.54, 1.807) is 11.9 Å². The number of nitrogens with one attached hydrogen (secondary N) is 1. The van der Waals surface area contributed by atoms with Crippen molar-refractivity contribution in [1.29, 1.82) is 0 Å². The Kier molecular flexibility index (Phi) is 5.09. The number of para-hydroxylation sites is 1. The van der Waals surface area contributed by atoms with Gasteiger partial charge in [-0.15, -0.1) is 10.2 Å². The fourth-order valence-electron chi connectivity index (χ4n) is 4.22. The Morgan fingerprint density at radius 3 is 2.74 bits per heavy atom. The smallest absolute Gasteiger partial charge is 0.235 e. The second kappa shape index (κ2) is 7.67. The van der Waals surface area contributed by atoms with E-state index in [-0.39, 0.29) is 28.7 Å². The molecule has 0 spiro atoms. The minimum atomic E-state index is -3.04. The number of hydrogen-bond donors (Lipinski definition) is 1. The number of fused-ring (bicyclic) bond motifs is 1. The molecule has 1 aromatic carbocycles. The summed E-state index contributed by atoms with van der Waals surface area (Å²) in [7, 11) is -1.34. The summed E-state index contributed by atoms with van der Waals surface area (Å²) < 4.78 is 25.7. The maximum atomic E-state index is 13.0. The summed E-state index contributed by atoms with van der Waals surface area (Å²) in [6, 6.07) is 8.20. The highest BCUT2D eigenvalue weighted by Crippen LogP contribution is 2.43. The van der Waals surface area contributed by atoms with Crippen LogP contribution in [0.5, 0.6) is 0 Å². The number of aromatic nitrogens is 4. The number of amides is 1. The van der Waals surface area contributed by atoms with E-state index in [4.69, 9.17) is 0 Å². The first-order valence-electron chi connectivity index (χ1n) is 10.5. The highest BCUT2D eigenvalue weighted by molar-refractivity contribution is 8.00. The molecule has 1 saturated heterocycles. The lowest BCUT2D eigenvalue weighted by molar-refractivity contribution is -0.130. The molecule has 1 N–H and O–H groups in total. The molecule has 164 valence electrons. The topological polar surface area (TPSA) is 101 Å². The Hall–Kier alpha value is -2.33. The van der Waals surface area contributed by atoms with Crippen molar-refractivity contribution < 1.29 is 13.2 Å².